The molecule has 1 spiro atoms. The fourth-order valence-corrected chi connectivity index (χ4v) is 7.82. The number of hydrogen-bond acceptors (Lipinski definition) is 9. The predicted octanol–water partition coefficient (Wildman–Crippen LogP) is 4.04. The minimum Gasteiger partial charge on any atom is -0.507 e. The molecule has 0 radical (unpaired) electrons. The van der Waals surface area contributed by atoms with E-state index in [0.717, 1.165) is 37.7 Å². The molecule has 5 aliphatic heterocycles. The van der Waals surface area contributed by atoms with Crippen molar-refractivity contribution in [3.05, 3.63) is 57.2 Å². The van der Waals surface area contributed by atoms with Crippen LogP contribution in [0.15, 0.2) is 44.9 Å². The highest BCUT2D eigenvalue weighted by Gasteiger charge is 2.69. The molecule has 9 heteroatoms. The van der Waals surface area contributed by atoms with E-state index >= 15 is 0 Å². The summed E-state index contributed by atoms with van der Waals surface area (Å²) in [7, 11) is 0. The second kappa shape index (κ2) is 8.77. The molecule has 6 heterocycles. The van der Waals surface area contributed by atoms with E-state index in [1.807, 2.05) is 19.9 Å². The van der Waals surface area contributed by atoms with Crippen molar-refractivity contribution in [3.8, 4) is 11.5 Å². The Morgan fingerprint density at radius 3 is 2.67 bits per heavy atom. The fraction of sp³-hybridized carbons (Fsp3) is 0.548. The maximum absolute atomic E-state index is 14.1. The molecular weight excluding hydrogens is 512 g/mol. The summed E-state index contributed by atoms with van der Waals surface area (Å²) in [6.45, 7) is 6.23. The zero-order chi connectivity index (χ0) is 28.0. The van der Waals surface area contributed by atoms with E-state index < -0.39 is 17.3 Å². The van der Waals surface area contributed by atoms with Gasteiger partial charge in [-0.1, -0.05) is 6.08 Å². The maximum atomic E-state index is 14.1. The number of hydrogen-bond donors (Lipinski definition) is 3. The minimum absolute atomic E-state index is 0.0766. The van der Waals surface area contributed by atoms with Crippen LogP contribution in [-0.2, 0) is 14.3 Å². The summed E-state index contributed by atoms with van der Waals surface area (Å²) < 4.78 is 24.9. The quantitative estimate of drug-likeness (QED) is 0.383. The first kappa shape index (κ1) is 25.5. The highest BCUT2D eigenvalue weighted by atomic mass is 16.7. The first-order valence-electron chi connectivity index (χ1n) is 14.4. The number of ether oxygens (including phenoxy) is 3. The molecule has 8 rings (SSSR count). The number of allylic oxidation sites excluding steroid dienone is 2. The Kier molecular flexibility index (Phi) is 5.59. The Hall–Kier alpha value is -3.46. The summed E-state index contributed by atoms with van der Waals surface area (Å²) in [5.41, 5.74) is 5.76. The number of fused-ring (bicyclic) bond motifs is 5. The fourth-order valence-electron chi connectivity index (χ4n) is 7.82. The summed E-state index contributed by atoms with van der Waals surface area (Å²) >= 11 is 0. The van der Waals surface area contributed by atoms with Crippen LogP contribution >= 0.6 is 0 Å². The van der Waals surface area contributed by atoms with E-state index in [0.29, 0.717) is 35.9 Å². The lowest BCUT2D eigenvalue weighted by Crippen LogP contribution is -2.53. The molecule has 1 aromatic carbocycles. The van der Waals surface area contributed by atoms with E-state index in [-0.39, 0.29) is 52.0 Å². The number of phenolic OH excluding ortho intramolecular Hbond substituents is 1. The van der Waals surface area contributed by atoms with Crippen LogP contribution in [0.3, 0.4) is 0 Å². The van der Waals surface area contributed by atoms with Gasteiger partial charge < -0.3 is 34.8 Å². The van der Waals surface area contributed by atoms with Gasteiger partial charge in [0.2, 0.25) is 0 Å². The van der Waals surface area contributed by atoms with Crippen LogP contribution < -0.4 is 21.2 Å². The Morgan fingerprint density at radius 2 is 1.93 bits per heavy atom. The summed E-state index contributed by atoms with van der Waals surface area (Å²) in [5, 5.41) is 14.8. The second-order valence-corrected chi connectivity index (χ2v) is 12.6. The van der Waals surface area contributed by atoms with Crippen LogP contribution in [0, 0.1) is 18.8 Å². The number of aromatic hydroxyl groups is 1. The van der Waals surface area contributed by atoms with Crippen LogP contribution in [0.1, 0.15) is 69.6 Å². The molecule has 212 valence electrons. The average Bonchev–Trinajstić information content (AvgIpc) is 3.61. The molecule has 4 atom stereocenters. The molecule has 3 saturated heterocycles. The van der Waals surface area contributed by atoms with Gasteiger partial charge in [-0.3, -0.25) is 4.79 Å². The smallest absolute Gasteiger partial charge is 0.341 e. The summed E-state index contributed by atoms with van der Waals surface area (Å²) in [4.78, 5) is 27.0. The van der Waals surface area contributed by atoms with Crippen molar-refractivity contribution >= 4 is 16.9 Å². The Balaban J connectivity index is 1.26. The monoisotopic (exact) mass is 548 g/mol. The van der Waals surface area contributed by atoms with Crippen molar-refractivity contribution in [2.45, 2.75) is 88.6 Å². The molecular formula is C31H36N2O7. The summed E-state index contributed by atoms with van der Waals surface area (Å²) in [5.74, 6) is 1.00. The van der Waals surface area contributed by atoms with Gasteiger partial charge in [0.05, 0.1) is 11.9 Å². The second-order valence-electron chi connectivity index (χ2n) is 12.6. The molecule has 9 nitrogen and oxygen atoms in total. The number of aryl methyl sites for hydroxylation is 1. The zero-order valence-electron chi connectivity index (χ0n) is 23.1. The third-order valence-electron chi connectivity index (χ3n) is 9.74. The van der Waals surface area contributed by atoms with Crippen molar-refractivity contribution in [3.63, 3.8) is 0 Å². The van der Waals surface area contributed by atoms with Crippen LogP contribution in [0.5, 0.6) is 11.5 Å². The van der Waals surface area contributed by atoms with E-state index in [9.17, 15) is 14.7 Å². The zero-order valence-corrected chi connectivity index (χ0v) is 23.1. The SMILES string of the molecule is Cc1cc(=O)c2c(O)c3c(cc2o1)OC(C)(C)[C@@H]1OC(=O)[C@]2(O[C@@H]2CCC2=CCNC(N)=C2)C2CCC(CC2)[C@@H]31. The number of rotatable bonds is 3. The molecule has 2 bridgehead atoms. The maximum Gasteiger partial charge on any atom is 0.341 e. The van der Waals surface area contributed by atoms with Gasteiger partial charge in [0, 0.05) is 36.1 Å². The largest absolute Gasteiger partial charge is 0.507 e. The lowest BCUT2D eigenvalue weighted by Gasteiger charge is -2.47. The number of esters is 1. The molecule has 0 unspecified atom stereocenters. The number of epoxide rings is 1. The van der Waals surface area contributed by atoms with Crippen molar-refractivity contribution in [1.29, 1.82) is 0 Å². The normalized spacial score (nSPS) is 33.8. The Labute approximate surface area is 232 Å². The van der Waals surface area contributed by atoms with Crippen LogP contribution in [-0.4, -0.2) is 41.0 Å². The van der Waals surface area contributed by atoms with Crippen LogP contribution in [0.2, 0.25) is 0 Å². The molecule has 1 aliphatic carbocycles. The van der Waals surface area contributed by atoms with E-state index in [1.165, 1.54) is 6.07 Å². The number of benzene rings is 1. The molecule has 6 aliphatic rings. The van der Waals surface area contributed by atoms with Crippen molar-refractivity contribution in [2.24, 2.45) is 17.6 Å². The average molecular weight is 549 g/mol. The van der Waals surface area contributed by atoms with Gasteiger partial charge in [-0.2, -0.15) is 0 Å². The van der Waals surface area contributed by atoms with E-state index in [4.69, 9.17) is 24.4 Å². The third-order valence-corrected chi connectivity index (χ3v) is 9.74. The lowest BCUT2D eigenvalue weighted by molar-refractivity contribution is -0.172. The standard InChI is InChI=1S/C31H36N2O7/c1-15-12-19(34)25-20(37-15)14-21-26(27(25)35)24-17-5-7-18(8-6-17)31(29(36)38-28(24)30(2,3)39-21)22(40-31)9-4-16-10-11-33-23(32)13-16/h10,12-14,17-18,22,24,28,33,35H,4-9,11,32H2,1-3H3/t17?,18?,22-,24+,28-,31+/m1/s1. The Bertz CT molecular complexity index is 1530. The van der Waals surface area contributed by atoms with E-state index in [2.05, 4.69) is 11.4 Å². The van der Waals surface area contributed by atoms with Crippen molar-refractivity contribution in [2.75, 3.05) is 6.54 Å². The number of dihydropyridines is 1. The van der Waals surface area contributed by atoms with Gasteiger partial charge in [0.1, 0.15) is 39.9 Å². The Morgan fingerprint density at radius 1 is 1.15 bits per heavy atom. The molecule has 40 heavy (non-hydrogen) atoms. The number of nitrogens with one attached hydrogen (secondary N) is 1. The van der Waals surface area contributed by atoms with Gasteiger partial charge in [0.25, 0.3) is 0 Å². The summed E-state index contributed by atoms with van der Waals surface area (Å²) in [6, 6.07) is 3.08. The molecule has 0 amide bonds. The van der Waals surface area contributed by atoms with E-state index in [1.54, 1.807) is 13.0 Å². The molecule has 1 saturated carbocycles. The molecule has 2 aromatic rings. The number of phenols is 1. The van der Waals surface area contributed by atoms with Crippen molar-refractivity contribution < 1.29 is 28.5 Å². The minimum atomic E-state index is -0.955. The molecule has 1 aromatic heterocycles. The lowest BCUT2D eigenvalue weighted by atomic mass is 9.66. The van der Waals surface area contributed by atoms with Gasteiger partial charge in [0.15, 0.2) is 11.0 Å². The highest BCUT2D eigenvalue weighted by Crippen LogP contribution is 2.60. The molecule has 4 fully saturated rings. The predicted molar refractivity (Wildman–Crippen MR) is 147 cm³/mol. The van der Waals surface area contributed by atoms with Crippen LogP contribution in [0.4, 0.5) is 0 Å². The van der Waals surface area contributed by atoms with Crippen molar-refractivity contribution in [1.82, 2.24) is 5.32 Å². The van der Waals surface area contributed by atoms with Gasteiger partial charge in [-0.15, -0.1) is 0 Å². The third kappa shape index (κ3) is 3.77. The first-order chi connectivity index (χ1) is 19.1. The number of carbonyl (C=O) groups is 1. The molecule has 4 N–H and O–H groups in total. The topological polar surface area (TPSA) is 137 Å². The van der Waals surface area contributed by atoms with Crippen LogP contribution in [0.25, 0.3) is 11.0 Å². The van der Waals surface area contributed by atoms with Gasteiger partial charge in [-0.05, 0) is 76.9 Å². The van der Waals surface area contributed by atoms with Gasteiger partial charge >= 0.3 is 5.97 Å². The van der Waals surface area contributed by atoms with Gasteiger partial charge in [-0.25, -0.2) is 4.79 Å². The highest BCUT2D eigenvalue weighted by molar-refractivity contribution is 5.88. The number of nitrogens with two attached hydrogens (primary N) is 1. The number of carbonyl (C=O) groups excluding carboxylic acids is 1. The summed E-state index contributed by atoms with van der Waals surface area (Å²) in [6.07, 6.45) is 8.07. The first-order valence-corrected chi connectivity index (χ1v) is 14.4.